The van der Waals surface area contributed by atoms with E-state index in [2.05, 4.69) is 15.3 Å². The van der Waals surface area contributed by atoms with E-state index in [0.29, 0.717) is 26.4 Å². The van der Waals surface area contributed by atoms with Crippen LogP contribution in [0.4, 0.5) is 5.69 Å². The highest BCUT2D eigenvalue weighted by molar-refractivity contribution is 7.13. The zero-order chi connectivity index (χ0) is 18.5. The molecule has 0 radical (unpaired) electrons. The van der Waals surface area contributed by atoms with Crippen molar-refractivity contribution in [2.45, 2.75) is 0 Å². The Labute approximate surface area is 163 Å². The van der Waals surface area contributed by atoms with Crippen LogP contribution in [0, 0.1) is 11.3 Å². The Morgan fingerprint density at radius 2 is 2.12 bits per heavy atom. The second-order valence-electron chi connectivity index (χ2n) is 5.04. The topological polar surface area (TPSA) is 78.7 Å². The molecule has 3 rings (SSSR count). The Bertz CT molecular complexity index is 1030. The molecule has 26 heavy (non-hydrogen) atoms. The van der Waals surface area contributed by atoms with Crippen molar-refractivity contribution in [3.63, 3.8) is 0 Å². The Morgan fingerprint density at radius 3 is 2.85 bits per heavy atom. The molecular weight excluding hydrogens is 391 g/mol. The summed E-state index contributed by atoms with van der Waals surface area (Å²) in [7, 11) is 0. The third kappa shape index (κ3) is 4.27. The predicted molar refractivity (Wildman–Crippen MR) is 104 cm³/mol. The number of carbonyl (C=O) groups excluding carboxylic acids is 1. The summed E-state index contributed by atoms with van der Waals surface area (Å²) in [6, 6.07) is 12.1. The van der Waals surface area contributed by atoms with Gasteiger partial charge in [0.15, 0.2) is 0 Å². The van der Waals surface area contributed by atoms with Crippen LogP contribution in [0.1, 0.15) is 5.69 Å². The number of pyridine rings is 1. The van der Waals surface area contributed by atoms with Crippen molar-refractivity contribution in [3.05, 3.63) is 69.3 Å². The molecule has 2 aromatic heterocycles. The van der Waals surface area contributed by atoms with Gasteiger partial charge in [0.1, 0.15) is 16.6 Å². The number of nitrogens with zero attached hydrogens (tertiary/aromatic N) is 3. The lowest BCUT2D eigenvalue weighted by Crippen LogP contribution is -2.13. The fourth-order valence-corrected chi connectivity index (χ4v) is 3.13. The molecule has 0 aliphatic carbocycles. The van der Waals surface area contributed by atoms with E-state index in [1.54, 1.807) is 23.7 Å². The van der Waals surface area contributed by atoms with Crippen molar-refractivity contribution in [3.8, 4) is 16.8 Å². The number of benzene rings is 1. The highest BCUT2D eigenvalue weighted by Crippen LogP contribution is 2.26. The fourth-order valence-electron chi connectivity index (χ4n) is 2.04. The quantitative estimate of drug-likeness (QED) is 0.490. The molecule has 0 saturated carbocycles. The smallest absolute Gasteiger partial charge is 0.266 e. The average Bonchev–Trinajstić information content (AvgIpc) is 3.12. The van der Waals surface area contributed by atoms with Crippen LogP contribution in [-0.4, -0.2) is 15.9 Å². The molecule has 0 saturated heterocycles. The maximum Gasteiger partial charge on any atom is 0.266 e. The highest BCUT2D eigenvalue weighted by Gasteiger charge is 2.13. The van der Waals surface area contributed by atoms with Crippen LogP contribution in [0.5, 0.6) is 0 Å². The molecule has 1 N–H and O–H groups in total. The molecule has 1 amide bonds. The van der Waals surface area contributed by atoms with E-state index in [4.69, 9.17) is 23.2 Å². The number of amides is 1. The molecule has 2 heterocycles. The number of hydrogen-bond donors (Lipinski definition) is 1. The maximum atomic E-state index is 12.3. The second kappa shape index (κ2) is 8.11. The van der Waals surface area contributed by atoms with E-state index in [9.17, 15) is 10.1 Å². The van der Waals surface area contributed by atoms with Gasteiger partial charge in [-0.25, -0.2) is 4.98 Å². The van der Waals surface area contributed by atoms with E-state index in [1.165, 1.54) is 23.5 Å². The Morgan fingerprint density at radius 1 is 1.27 bits per heavy atom. The van der Waals surface area contributed by atoms with E-state index in [1.807, 2.05) is 24.3 Å². The lowest BCUT2D eigenvalue weighted by atomic mass is 10.2. The summed E-state index contributed by atoms with van der Waals surface area (Å²) in [5, 5.41) is 15.1. The van der Waals surface area contributed by atoms with Crippen molar-refractivity contribution in [2.24, 2.45) is 0 Å². The van der Waals surface area contributed by atoms with E-state index >= 15 is 0 Å². The molecule has 1 aromatic carbocycles. The van der Waals surface area contributed by atoms with Crippen LogP contribution in [0.25, 0.3) is 16.8 Å². The first-order valence-electron chi connectivity index (χ1n) is 7.32. The molecule has 0 atom stereocenters. The lowest BCUT2D eigenvalue weighted by Gasteiger charge is -2.06. The zero-order valence-corrected chi connectivity index (χ0v) is 15.4. The molecule has 0 unspecified atom stereocenters. The van der Waals surface area contributed by atoms with Crippen LogP contribution >= 0.6 is 34.5 Å². The van der Waals surface area contributed by atoms with Crippen LogP contribution in [0.15, 0.2) is 53.5 Å². The van der Waals surface area contributed by atoms with Crippen molar-refractivity contribution in [1.82, 2.24) is 9.97 Å². The minimum Gasteiger partial charge on any atom is -0.320 e. The minimum atomic E-state index is -0.593. The first-order valence-corrected chi connectivity index (χ1v) is 8.95. The van der Waals surface area contributed by atoms with E-state index < -0.39 is 5.91 Å². The number of hydrogen-bond acceptors (Lipinski definition) is 5. The van der Waals surface area contributed by atoms with Crippen LogP contribution in [0.2, 0.25) is 10.0 Å². The number of nitrogens with one attached hydrogen (secondary N) is 1. The number of anilines is 1. The number of aromatic nitrogens is 2. The lowest BCUT2D eigenvalue weighted by molar-refractivity contribution is -0.112. The fraction of sp³-hybridized carbons (Fsp3) is 0. The molecule has 8 heteroatoms. The molecule has 3 aromatic rings. The van der Waals surface area contributed by atoms with Crippen LogP contribution in [0.3, 0.4) is 0 Å². The molecule has 0 aliphatic rings. The van der Waals surface area contributed by atoms with Gasteiger partial charge in [-0.1, -0.05) is 29.3 Å². The van der Waals surface area contributed by atoms with Gasteiger partial charge in [-0.2, -0.15) is 5.26 Å². The molecule has 0 spiro atoms. The standard InChI is InChI=1S/C18H10Cl2N4OS/c19-12-4-5-14(20)16(8-12)24-17(25)11(9-21)7-13-10-26-18(23-13)15-3-1-2-6-22-15/h1-8,10H,(H,24,25)/b11-7+. The van der Waals surface area contributed by atoms with Crippen molar-refractivity contribution < 1.29 is 4.79 Å². The number of carbonyl (C=O) groups is 1. The summed E-state index contributed by atoms with van der Waals surface area (Å²) in [6.07, 6.45) is 3.09. The van der Waals surface area contributed by atoms with Crippen molar-refractivity contribution >= 4 is 52.2 Å². The monoisotopic (exact) mass is 400 g/mol. The van der Waals surface area contributed by atoms with Crippen molar-refractivity contribution in [2.75, 3.05) is 5.32 Å². The maximum absolute atomic E-state index is 12.3. The van der Waals surface area contributed by atoms with E-state index in [-0.39, 0.29) is 5.57 Å². The van der Waals surface area contributed by atoms with Gasteiger partial charge in [-0.15, -0.1) is 11.3 Å². The first kappa shape index (κ1) is 18.1. The molecule has 0 bridgehead atoms. The van der Waals surface area contributed by atoms with Gasteiger partial charge in [0.25, 0.3) is 5.91 Å². The number of halogens is 2. The zero-order valence-electron chi connectivity index (χ0n) is 13.1. The molecular formula is C18H10Cl2N4OS. The summed E-state index contributed by atoms with van der Waals surface area (Å²) >= 11 is 13.3. The first-order chi connectivity index (χ1) is 12.6. The summed E-state index contributed by atoms with van der Waals surface area (Å²) in [5.74, 6) is -0.593. The molecule has 0 aliphatic heterocycles. The summed E-state index contributed by atoms with van der Waals surface area (Å²) < 4.78 is 0. The SMILES string of the molecule is N#C/C(=C\c1csc(-c2ccccn2)n1)C(=O)Nc1cc(Cl)ccc1Cl. The number of nitriles is 1. The summed E-state index contributed by atoms with van der Waals surface area (Å²) in [4.78, 5) is 21.0. The summed E-state index contributed by atoms with van der Waals surface area (Å²) in [5.41, 5.74) is 1.46. The van der Waals surface area contributed by atoms with Gasteiger partial charge < -0.3 is 5.32 Å². The van der Waals surface area contributed by atoms with Crippen molar-refractivity contribution in [1.29, 1.82) is 5.26 Å². The molecule has 128 valence electrons. The van der Waals surface area contributed by atoms with Gasteiger partial charge in [0.2, 0.25) is 0 Å². The summed E-state index contributed by atoms with van der Waals surface area (Å²) in [6.45, 7) is 0. The third-order valence-corrected chi connectivity index (χ3v) is 4.69. The van der Waals surface area contributed by atoms with Gasteiger partial charge in [0.05, 0.1) is 22.1 Å². The normalized spacial score (nSPS) is 11.0. The number of thiazole rings is 1. The van der Waals surface area contributed by atoms with Gasteiger partial charge in [-0.05, 0) is 36.4 Å². The Kier molecular flexibility index (Phi) is 5.64. The van der Waals surface area contributed by atoms with Crippen LogP contribution < -0.4 is 5.32 Å². The van der Waals surface area contributed by atoms with E-state index in [0.717, 1.165) is 5.69 Å². The molecule has 0 fully saturated rings. The Balaban J connectivity index is 1.82. The second-order valence-corrected chi connectivity index (χ2v) is 6.74. The van der Waals surface area contributed by atoms with Gasteiger partial charge >= 0.3 is 0 Å². The molecule has 5 nitrogen and oxygen atoms in total. The number of rotatable bonds is 4. The van der Waals surface area contributed by atoms with Crippen LogP contribution in [-0.2, 0) is 4.79 Å². The Hall–Kier alpha value is -2.72. The third-order valence-electron chi connectivity index (χ3n) is 3.24. The van der Waals surface area contributed by atoms with Gasteiger partial charge in [0, 0.05) is 16.6 Å². The predicted octanol–water partition coefficient (Wildman–Crippen LogP) is 5.06. The van der Waals surface area contributed by atoms with Gasteiger partial charge in [-0.3, -0.25) is 9.78 Å². The average molecular weight is 401 g/mol. The minimum absolute atomic E-state index is 0.0982. The highest BCUT2D eigenvalue weighted by atomic mass is 35.5. The largest absolute Gasteiger partial charge is 0.320 e.